The number of ether oxygens (including phenoxy) is 8. The zero-order valence-electron chi connectivity index (χ0n) is 27.0. The van der Waals surface area contributed by atoms with Crippen LogP contribution in [-0.2, 0) is 47.5 Å². The van der Waals surface area contributed by atoms with Crippen LogP contribution in [0.4, 0.5) is 0 Å². The van der Waals surface area contributed by atoms with Crippen LogP contribution in [0.2, 0.25) is 0 Å². The normalized spacial score (nSPS) is 49.3. The molecule has 0 aliphatic carbocycles. The first-order valence-corrected chi connectivity index (χ1v) is 15.7. The van der Waals surface area contributed by atoms with Gasteiger partial charge in [-0.2, -0.15) is 0 Å². The topological polar surface area (TPSA) is 322 Å². The molecule has 1 amide bonds. The molecule has 4 heterocycles. The molecule has 4 fully saturated rings. The third-order valence-corrected chi connectivity index (χ3v) is 8.80. The summed E-state index contributed by atoms with van der Waals surface area (Å²) in [6.45, 7) is 3.50. The minimum atomic E-state index is -1.97. The van der Waals surface area contributed by atoms with E-state index in [0.29, 0.717) is 0 Å². The van der Waals surface area contributed by atoms with Crippen LogP contribution in [0.15, 0.2) is 0 Å². The Morgan fingerprint density at radius 3 is 1.67 bits per heavy atom. The number of hydrogen-bond donors (Lipinski definition) is 11. The highest BCUT2D eigenvalue weighted by Crippen LogP contribution is 2.35. The summed E-state index contributed by atoms with van der Waals surface area (Å²) in [5, 5.41) is 108. The van der Waals surface area contributed by atoms with Crippen molar-refractivity contribution in [3.63, 3.8) is 0 Å². The van der Waals surface area contributed by atoms with Crippen molar-refractivity contribution in [3.8, 4) is 0 Å². The van der Waals surface area contributed by atoms with Crippen LogP contribution in [0.5, 0.6) is 0 Å². The molecular formula is C28H47NO20. The number of aliphatic hydroxyl groups is 10. The Hall–Kier alpha value is -1.74. The van der Waals surface area contributed by atoms with Gasteiger partial charge in [-0.15, -0.1) is 0 Å². The van der Waals surface area contributed by atoms with Crippen LogP contribution in [0, 0.1) is 0 Å². The van der Waals surface area contributed by atoms with E-state index in [2.05, 4.69) is 5.32 Å². The Morgan fingerprint density at radius 1 is 0.592 bits per heavy atom. The summed E-state index contributed by atoms with van der Waals surface area (Å²) < 4.78 is 44.7. The number of esters is 1. The SMILES string of the molecule is CC(=O)N[C@@H]1[C@@H](O[C@H]2O[C@H](CO)[C@@H](O)[C@H](O)[C@H]2O[C@@H]2O[C@@H](C)[C@H](O)[C@@H](O)[C@H]2O[C@@H]2O[C@@H](C)[C@H](O)[C@@H](O)[C@H]2O)[C@H](O)[C@@H](COC(C)=O)O[C@@H]1O. The van der Waals surface area contributed by atoms with E-state index in [-0.39, 0.29) is 0 Å². The first-order valence-electron chi connectivity index (χ1n) is 15.7. The molecule has 0 aromatic heterocycles. The first kappa shape index (κ1) is 40.0. The van der Waals surface area contributed by atoms with E-state index < -0.39 is 148 Å². The molecule has 20 atom stereocenters. The highest BCUT2D eigenvalue weighted by Gasteiger charge is 2.55. The maximum absolute atomic E-state index is 12.0. The Labute approximate surface area is 279 Å². The van der Waals surface area contributed by atoms with Gasteiger partial charge in [0.2, 0.25) is 5.91 Å². The van der Waals surface area contributed by atoms with E-state index in [9.17, 15) is 60.7 Å². The van der Waals surface area contributed by atoms with Crippen LogP contribution in [0.25, 0.3) is 0 Å². The lowest BCUT2D eigenvalue weighted by atomic mass is 9.95. The molecule has 0 spiro atoms. The molecule has 49 heavy (non-hydrogen) atoms. The van der Waals surface area contributed by atoms with Crippen LogP contribution >= 0.6 is 0 Å². The molecule has 11 N–H and O–H groups in total. The smallest absolute Gasteiger partial charge is 0.302 e. The Morgan fingerprint density at radius 2 is 1.10 bits per heavy atom. The van der Waals surface area contributed by atoms with Gasteiger partial charge in [-0.1, -0.05) is 0 Å². The molecule has 0 saturated carbocycles. The highest BCUT2D eigenvalue weighted by molar-refractivity contribution is 5.73. The summed E-state index contributed by atoms with van der Waals surface area (Å²) in [5.74, 6) is -1.43. The monoisotopic (exact) mass is 717 g/mol. The third-order valence-electron chi connectivity index (χ3n) is 8.80. The lowest BCUT2D eigenvalue weighted by molar-refractivity contribution is -0.397. The first-order chi connectivity index (χ1) is 23.0. The van der Waals surface area contributed by atoms with E-state index in [1.54, 1.807) is 0 Å². The molecular weight excluding hydrogens is 670 g/mol. The average molecular weight is 718 g/mol. The van der Waals surface area contributed by atoms with Gasteiger partial charge in [-0.25, -0.2) is 0 Å². The lowest BCUT2D eigenvalue weighted by Crippen LogP contribution is -2.69. The van der Waals surface area contributed by atoms with Crippen LogP contribution < -0.4 is 5.32 Å². The van der Waals surface area contributed by atoms with Crippen molar-refractivity contribution in [1.29, 1.82) is 0 Å². The van der Waals surface area contributed by atoms with E-state index in [1.807, 2.05) is 0 Å². The maximum atomic E-state index is 12.0. The van der Waals surface area contributed by atoms with Gasteiger partial charge in [0, 0.05) is 13.8 Å². The molecule has 4 aliphatic heterocycles. The molecule has 0 radical (unpaired) electrons. The lowest BCUT2D eigenvalue weighted by Gasteiger charge is -2.49. The second-order valence-electron chi connectivity index (χ2n) is 12.5. The molecule has 4 saturated heterocycles. The molecule has 0 aromatic carbocycles. The summed E-state index contributed by atoms with van der Waals surface area (Å²) in [6, 6.07) is -1.50. The van der Waals surface area contributed by atoms with Gasteiger partial charge < -0.3 is 94.3 Å². The molecule has 284 valence electrons. The standard InChI is InChI=1S/C28H47NO20/c1-7-14(33)18(37)21(40)26(43-7)48-23-19(38)15(34)8(2)44-27(23)49-24-20(39)16(35)11(5-30)46-28(24)47-22-13(29-9(3)31)25(41)45-12(17(22)36)6-42-10(4)32/h7-8,11-28,30,33-41H,5-6H2,1-4H3,(H,29,31)/t7-,8-,11+,12+,13+,14-,15-,16+,17+,18+,19+,20-,21+,22+,23+,24+,25-,26-,27-,28+/m0/s1. The van der Waals surface area contributed by atoms with E-state index in [4.69, 9.17) is 37.9 Å². The van der Waals surface area contributed by atoms with Crippen molar-refractivity contribution in [1.82, 2.24) is 5.32 Å². The second-order valence-corrected chi connectivity index (χ2v) is 12.5. The molecule has 0 unspecified atom stereocenters. The van der Waals surface area contributed by atoms with E-state index in [1.165, 1.54) is 13.8 Å². The van der Waals surface area contributed by atoms with E-state index in [0.717, 1.165) is 13.8 Å². The number of aliphatic hydroxyl groups excluding tert-OH is 10. The van der Waals surface area contributed by atoms with Crippen molar-refractivity contribution in [3.05, 3.63) is 0 Å². The van der Waals surface area contributed by atoms with E-state index >= 15 is 0 Å². The number of rotatable bonds is 10. The fraction of sp³-hybridized carbons (Fsp3) is 0.929. The maximum Gasteiger partial charge on any atom is 0.302 e. The Bertz CT molecular complexity index is 1100. The second kappa shape index (κ2) is 16.7. The number of carbonyl (C=O) groups is 2. The minimum Gasteiger partial charge on any atom is -0.463 e. The number of nitrogens with one attached hydrogen (secondary N) is 1. The summed E-state index contributed by atoms with van der Waals surface area (Å²) >= 11 is 0. The molecule has 4 rings (SSSR count). The molecule has 21 nitrogen and oxygen atoms in total. The predicted molar refractivity (Wildman–Crippen MR) is 152 cm³/mol. The number of hydrogen-bond acceptors (Lipinski definition) is 20. The van der Waals surface area contributed by atoms with Gasteiger partial charge in [0.25, 0.3) is 0 Å². The Kier molecular flexibility index (Phi) is 13.7. The summed E-state index contributed by atoms with van der Waals surface area (Å²) in [6.07, 6.45) is -31.7. The zero-order chi connectivity index (χ0) is 36.5. The fourth-order valence-corrected chi connectivity index (χ4v) is 5.98. The molecule has 21 heteroatoms. The summed E-state index contributed by atoms with van der Waals surface area (Å²) in [4.78, 5) is 23.4. The third kappa shape index (κ3) is 8.84. The van der Waals surface area contributed by atoms with Crippen LogP contribution in [0.3, 0.4) is 0 Å². The predicted octanol–water partition coefficient (Wildman–Crippen LogP) is -6.98. The van der Waals surface area contributed by atoms with Gasteiger partial charge in [-0.3, -0.25) is 9.59 Å². The quantitative estimate of drug-likeness (QED) is 0.0935. The fourth-order valence-electron chi connectivity index (χ4n) is 5.98. The summed E-state index contributed by atoms with van der Waals surface area (Å²) in [5.41, 5.74) is 0. The van der Waals surface area contributed by atoms with Crippen molar-refractivity contribution in [2.24, 2.45) is 0 Å². The van der Waals surface area contributed by atoms with Gasteiger partial charge in [0.1, 0.15) is 92.0 Å². The zero-order valence-corrected chi connectivity index (χ0v) is 27.0. The highest BCUT2D eigenvalue weighted by atomic mass is 16.8. The van der Waals surface area contributed by atoms with Crippen molar-refractivity contribution < 1.29 is 98.5 Å². The minimum absolute atomic E-state index is 0.557. The van der Waals surface area contributed by atoms with Crippen LogP contribution in [0.1, 0.15) is 27.7 Å². The van der Waals surface area contributed by atoms with Gasteiger partial charge in [0.15, 0.2) is 25.2 Å². The van der Waals surface area contributed by atoms with Gasteiger partial charge in [0.05, 0.1) is 18.8 Å². The largest absolute Gasteiger partial charge is 0.463 e. The van der Waals surface area contributed by atoms with Crippen molar-refractivity contribution in [2.75, 3.05) is 13.2 Å². The van der Waals surface area contributed by atoms with Gasteiger partial charge >= 0.3 is 5.97 Å². The number of amides is 1. The average Bonchev–Trinajstić information content (AvgIpc) is 3.04. The molecule has 0 bridgehead atoms. The molecule has 4 aliphatic rings. The number of carbonyl (C=O) groups excluding carboxylic acids is 2. The van der Waals surface area contributed by atoms with Crippen molar-refractivity contribution >= 4 is 11.9 Å². The Balaban J connectivity index is 1.64. The van der Waals surface area contributed by atoms with Crippen molar-refractivity contribution in [2.45, 2.75) is 150 Å². The van der Waals surface area contributed by atoms with Crippen LogP contribution in [-0.4, -0.2) is 199 Å². The van der Waals surface area contributed by atoms with Gasteiger partial charge in [-0.05, 0) is 13.8 Å². The summed E-state index contributed by atoms with van der Waals surface area (Å²) in [7, 11) is 0. The molecule has 0 aromatic rings.